The predicted octanol–water partition coefficient (Wildman–Crippen LogP) is 1.66. The van der Waals surface area contributed by atoms with Crippen molar-refractivity contribution in [3.8, 4) is 0 Å². The summed E-state index contributed by atoms with van der Waals surface area (Å²) in [7, 11) is 0. The topological polar surface area (TPSA) is 138 Å². The molecule has 3 aromatic rings. The van der Waals surface area contributed by atoms with E-state index < -0.39 is 4.92 Å². The van der Waals surface area contributed by atoms with Gasteiger partial charge in [0.2, 0.25) is 18.2 Å². The number of anilines is 3. The SMILES string of the molecule is Cc1ccccc1Nc1nc(N)nc(Cn2cnc([N+](=O)[O-])c2)n1. The average Bonchev–Trinajstić information content (AvgIpc) is 2.98. The second kappa shape index (κ2) is 6.28. The molecule has 2 aromatic heterocycles. The van der Waals surface area contributed by atoms with Crippen LogP contribution < -0.4 is 11.1 Å². The third kappa shape index (κ3) is 3.43. The lowest BCUT2D eigenvalue weighted by molar-refractivity contribution is -0.389. The van der Waals surface area contributed by atoms with Crippen LogP contribution in [0.3, 0.4) is 0 Å². The molecule has 122 valence electrons. The standard InChI is InChI=1S/C14H14N8O2/c1-9-4-2-3-5-10(9)17-14-19-11(18-13(15)20-14)6-21-7-12(16-8-21)22(23)24/h2-5,7-8H,6H2,1H3,(H3,15,17,18,19,20). The summed E-state index contributed by atoms with van der Waals surface area (Å²) in [6.45, 7) is 2.15. The molecule has 24 heavy (non-hydrogen) atoms. The molecule has 0 amide bonds. The van der Waals surface area contributed by atoms with Crippen molar-refractivity contribution in [1.82, 2.24) is 24.5 Å². The zero-order valence-corrected chi connectivity index (χ0v) is 12.7. The Morgan fingerprint density at radius 3 is 2.79 bits per heavy atom. The molecule has 3 rings (SSSR count). The molecule has 0 fully saturated rings. The van der Waals surface area contributed by atoms with Gasteiger partial charge in [-0.15, -0.1) is 0 Å². The van der Waals surface area contributed by atoms with Crippen molar-refractivity contribution in [3.63, 3.8) is 0 Å². The van der Waals surface area contributed by atoms with Gasteiger partial charge in [0.1, 0.15) is 6.20 Å². The van der Waals surface area contributed by atoms with Gasteiger partial charge in [0.05, 0.1) is 6.54 Å². The summed E-state index contributed by atoms with van der Waals surface area (Å²) in [4.78, 5) is 26.2. The fraction of sp³-hybridized carbons (Fsp3) is 0.143. The molecule has 0 spiro atoms. The van der Waals surface area contributed by atoms with Crippen molar-refractivity contribution in [2.24, 2.45) is 0 Å². The number of nitrogens with two attached hydrogens (primary N) is 1. The second-order valence-corrected chi connectivity index (χ2v) is 5.03. The Hall–Kier alpha value is -3.56. The molecule has 1 aromatic carbocycles. The molecule has 0 aliphatic carbocycles. The monoisotopic (exact) mass is 326 g/mol. The molecule has 10 heteroatoms. The summed E-state index contributed by atoms with van der Waals surface area (Å²) < 4.78 is 1.50. The van der Waals surface area contributed by atoms with Gasteiger partial charge in [-0.1, -0.05) is 18.2 Å². The molecule has 0 saturated heterocycles. The number of aryl methyl sites for hydroxylation is 1. The number of imidazole rings is 1. The van der Waals surface area contributed by atoms with Crippen molar-refractivity contribution in [2.75, 3.05) is 11.1 Å². The Bertz CT molecular complexity index is 892. The normalized spacial score (nSPS) is 10.5. The number of nitrogen functional groups attached to an aromatic ring is 1. The van der Waals surface area contributed by atoms with Crippen molar-refractivity contribution >= 4 is 23.4 Å². The fourth-order valence-electron chi connectivity index (χ4n) is 2.09. The van der Waals surface area contributed by atoms with Gasteiger partial charge in [0.25, 0.3) is 0 Å². The van der Waals surface area contributed by atoms with Gasteiger partial charge in [-0.25, -0.2) is 0 Å². The van der Waals surface area contributed by atoms with Crippen molar-refractivity contribution in [3.05, 3.63) is 58.3 Å². The zero-order valence-electron chi connectivity index (χ0n) is 12.7. The van der Waals surface area contributed by atoms with Crippen LogP contribution in [0.25, 0.3) is 0 Å². The van der Waals surface area contributed by atoms with Gasteiger partial charge in [-0.2, -0.15) is 15.0 Å². The van der Waals surface area contributed by atoms with Crippen LogP contribution in [0, 0.1) is 17.0 Å². The van der Waals surface area contributed by atoms with E-state index in [1.165, 1.54) is 17.1 Å². The van der Waals surface area contributed by atoms with Crippen LogP contribution in [-0.2, 0) is 6.54 Å². The lowest BCUT2D eigenvalue weighted by Crippen LogP contribution is -2.10. The number of aromatic nitrogens is 5. The number of nitrogens with zero attached hydrogens (tertiary/aromatic N) is 6. The van der Waals surface area contributed by atoms with E-state index in [0.717, 1.165) is 11.3 Å². The summed E-state index contributed by atoms with van der Waals surface area (Å²) in [5.74, 6) is 0.494. The summed E-state index contributed by atoms with van der Waals surface area (Å²) in [6.07, 6.45) is 2.64. The number of benzene rings is 1. The van der Waals surface area contributed by atoms with Crippen LogP contribution in [0.15, 0.2) is 36.8 Å². The first-order valence-electron chi connectivity index (χ1n) is 7.00. The van der Waals surface area contributed by atoms with Crippen LogP contribution >= 0.6 is 0 Å². The van der Waals surface area contributed by atoms with E-state index in [1.54, 1.807) is 0 Å². The second-order valence-electron chi connectivity index (χ2n) is 5.03. The van der Waals surface area contributed by atoms with E-state index in [-0.39, 0.29) is 18.3 Å². The van der Waals surface area contributed by atoms with Gasteiger partial charge < -0.3 is 25.7 Å². The Morgan fingerprint density at radius 1 is 1.29 bits per heavy atom. The maximum atomic E-state index is 10.7. The van der Waals surface area contributed by atoms with E-state index in [9.17, 15) is 10.1 Å². The highest BCUT2D eigenvalue weighted by Crippen LogP contribution is 2.18. The van der Waals surface area contributed by atoms with E-state index >= 15 is 0 Å². The first kappa shape index (κ1) is 15.3. The van der Waals surface area contributed by atoms with Crippen molar-refractivity contribution < 1.29 is 4.92 Å². The molecule has 10 nitrogen and oxygen atoms in total. The van der Waals surface area contributed by atoms with Crippen LogP contribution in [0.1, 0.15) is 11.4 Å². The van der Waals surface area contributed by atoms with Gasteiger partial charge in [-0.05, 0) is 28.5 Å². The van der Waals surface area contributed by atoms with Gasteiger partial charge in [0, 0.05) is 5.69 Å². The zero-order chi connectivity index (χ0) is 17.1. The molecule has 0 atom stereocenters. The first-order chi connectivity index (χ1) is 11.5. The minimum Gasteiger partial charge on any atom is -0.368 e. The summed E-state index contributed by atoms with van der Waals surface area (Å²) in [6, 6.07) is 7.68. The maximum Gasteiger partial charge on any atom is 0.381 e. The number of hydrogen-bond donors (Lipinski definition) is 2. The van der Waals surface area contributed by atoms with Crippen molar-refractivity contribution in [2.45, 2.75) is 13.5 Å². The lowest BCUT2D eigenvalue weighted by atomic mass is 10.2. The Labute approximate surface area is 136 Å². The van der Waals surface area contributed by atoms with Crippen LogP contribution in [0.2, 0.25) is 0 Å². The lowest BCUT2D eigenvalue weighted by Gasteiger charge is -2.09. The van der Waals surface area contributed by atoms with Crippen LogP contribution in [-0.4, -0.2) is 29.4 Å². The molecule has 0 bridgehead atoms. The largest absolute Gasteiger partial charge is 0.381 e. The Morgan fingerprint density at radius 2 is 2.08 bits per heavy atom. The third-order valence-corrected chi connectivity index (χ3v) is 3.22. The number of rotatable bonds is 5. The van der Waals surface area contributed by atoms with Crippen LogP contribution in [0.4, 0.5) is 23.4 Å². The summed E-state index contributed by atoms with van der Waals surface area (Å²) in [5.41, 5.74) is 7.61. The Balaban J connectivity index is 1.83. The minimum atomic E-state index is -0.566. The highest BCUT2D eigenvalue weighted by Gasteiger charge is 2.12. The number of para-hydroxylation sites is 1. The van der Waals surface area contributed by atoms with E-state index in [2.05, 4.69) is 25.3 Å². The Kier molecular flexibility index (Phi) is 4.01. The van der Waals surface area contributed by atoms with E-state index in [1.807, 2.05) is 31.2 Å². The third-order valence-electron chi connectivity index (χ3n) is 3.22. The highest BCUT2D eigenvalue weighted by molar-refractivity contribution is 5.58. The fourth-order valence-corrected chi connectivity index (χ4v) is 2.09. The van der Waals surface area contributed by atoms with E-state index in [0.29, 0.717) is 11.8 Å². The predicted molar refractivity (Wildman–Crippen MR) is 86.7 cm³/mol. The first-order valence-corrected chi connectivity index (χ1v) is 7.00. The van der Waals surface area contributed by atoms with Gasteiger partial charge in [-0.3, -0.25) is 0 Å². The molecule has 2 heterocycles. The molecule has 0 aliphatic rings. The number of hydrogen-bond acceptors (Lipinski definition) is 8. The molecule has 0 unspecified atom stereocenters. The molecule has 3 N–H and O–H groups in total. The number of nitrogens with one attached hydrogen (secondary N) is 1. The summed E-state index contributed by atoms with van der Waals surface area (Å²) >= 11 is 0. The molecular formula is C14H14N8O2. The summed E-state index contributed by atoms with van der Waals surface area (Å²) in [5, 5.41) is 13.8. The van der Waals surface area contributed by atoms with Crippen molar-refractivity contribution in [1.29, 1.82) is 0 Å². The quantitative estimate of drug-likeness (QED) is 0.533. The molecule has 0 radical (unpaired) electrons. The number of nitro groups is 1. The molecule has 0 aliphatic heterocycles. The average molecular weight is 326 g/mol. The smallest absolute Gasteiger partial charge is 0.368 e. The van der Waals surface area contributed by atoms with Gasteiger partial charge in [0.15, 0.2) is 5.82 Å². The molecular weight excluding hydrogens is 312 g/mol. The van der Waals surface area contributed by atoms with E-state index in [4.69, 9.17) is 5.73 Å². The van der Waals surface area contributed by atoms with Gasteiger partial charge >= 0.3 is 5.82 Å². The minimum absolute atomic E-state index is 0.0608. The maximum absolute atomic E-state index is 10.7. The molecule has 0 saturated carbocycles. The highest BCUT2D eigenvalue weighted by atomic mass is 16.6. The van der Waals surface area contributed by atoms with Crippen LogP contribution in [0.5, 0.6) is 0 Å².